The number of methoxy groups -OCH3 is 1. The lowest BCUT2D eigenvalue weighted by Gasteiger charge is -2.33. The Balaban J connectivity index is 0.965. The Labute approximate surface area is 226 Å². The zero-order valence-electron chi connectivity index (χ0n) is 22.4. The minimum Gasteiger partial charge on any atom is -0.497 e. The highest BCUT2D eigenvalue weighted by Gasteiger charge is 2.67. The third-order valence-corrected chi connectivity index (χ3v) is 10.1. The van der Waals surface area contributed by atoms with Crippen LogP contribution in [0.1, 0.15) is 61.6 Å². The molecular weight excluding hydrogens is 472 g/mol. The van der Waals surface area contributed by atoms with E-state index in [0.29, 0.717) is 29.8 Å². The van der Waals surface area contributed by atoms with E-state index in [2.05, 4.69) is 63.6 Å². The fourth-order valence-electron chi connectivity index (χ4n) is 7.93. The SMILES string of the molecule is COc1ccc2c(c1)[C@]1(C[C@H]1C1CCC3C(/C=C/c4ccc(CN5CCCCC5)cc4)NNC3C1)C(=O)N2. The Hall–Kier alpha value is -2.67. The summed E-state index contributed by atoms with van der Waals surface area (Å²) in [4.78, 5) is 15.7. The molecule has 2 aromatic carbocycles. The lowest BCUT2D eigenvalue weighted by Crippen LogP contribution is -2.37. The number of hydrazine groups is 1. The van der Waals surface area contributed by atoms with Gasteiger partial charge in [-0.3, -0.25) is 20.5 Å². The molecule has 2 aliphatic carbocycles. The second kappa shape index (κ2) is 9.82. The van der Waals surface area contributed by atoms with Crippen LogP contribution in [0.25, 0.3) is 6.08 Å². The first-order chi connectivity index (χ1) is 18.6. The molecule has 6 nitrogen and oxygen atoms in total. The molecule has 200 valence electrons. The van der Waals surface area contributed by atoms with Crippen molar-refractivity contribution in [3.8, 4) is 5.75 Å². The zero-order chi connectivity index (χ0) is 25.7. The maximum Gasteiger partial charge on any atom is 0.235 e. The number of nitrogens with one attached hydrogen (secondary N) is 3. The summed E-state index contributed by atoms with van der Waals surface area (Å²) in [5, 5.41) is 3.15. The number of likely N-dealkylation sites (tertiary alicyclic amines) is 1. The molecule has 2 aromatic rings. The maximum atomic E-state index is 13.1. The van der Waals surface area contributed by atoms with Crippen LogP contribution in [0.15, 0.2) is 48.5 Å². The van der Waals surface area contributed by atoms with Crippen LogP contribution in [0.5, 0.6) is 5.75 Å². The smallest absolute Gasteiger partial charge is 0.235 e. The van der Waals surface area contributed by atoms with Gasteiger partial charge in [0.15, 0.2) is 0 Å². The molecule has 3 aliphatic heterocycles. The lowest BCUT2D eigenvalue weighted by molar-refractivity contribution is -0.118. The van der Waals surface area contributed by atoms with Gasteiger partial charge in [0.25, 0.3) is 0 Å². The molecule has 0 aromatic heterocycles. The largest absolute Gasteiger partial charge is 0.497 e. The summed E-state index contributed by atoms with van der Waals surface area (Å²) in [6, 6.07) is 15.9. The highest BCUT2D eigenvalue weighted by atomic mass is 16.5. The van der Waals surface area contributed by atoms with Gasteiger partial charge in [-0.25, -0.2) is 0 Å². The lowest BCUT2D eigenvalue weighted by atomic mass is 9.73. The summed E-state index contributed by atoms with van der Waals surface area (Å²) >= 11 is 0. The molecule has 0 bridgehead atoms. The molecule has 4 fully saturated rings. The number of amides is 1. The van der Waals surface area contributed by atoms with E-state index < -0.39 is 0 Å². The summed E-state index contributed by atoms with van der Waals surface area (Å²) in [5.74, 6) is 2.62. The Kier molecular flexibility index (Phi) is 6.30. The standard InChI is InChI=1S/C32H40N4O2/c1-38-24-11-14-29-26(18-24)32(31(37)33-29)19-27(32)23-10-12-25-28(34-35-30(25)17-23)13-9-21-5-7-22(8-6-21)20-36-15-3-2-4-16-36/h5-9,11,13-14,18,23,25,27-28,30,34-35H,2-4,10,12,15-17,19-20H2,1H3,(H,33,37)/b13-9+/t23?,25?,27-,28?,30?,32-/m0/s1. The van der Waals surface area contributed by atoms with E-state index in [4.69, 9.17) is 4.74 Å². The fraction of sp³-hybridized carbons (Fsp3) is 0.531. The molecule has 1 spiro atoms. The first kappa shape index (κ1) is 24.4. The molecule has 38 heavy (non-hydrogen) atoms. The zero-order valence-corrected chi connectivity index (χ0v) is 22.4. The molecule has 2 saturated heterocycles. The molecule has 5 aliphatic rings. The van der Waals surface area contributed by atoms with Gasteiger partial charge >= 0.3 is 0 Å². The average molecular weight is 513 g/mol. The maximum absolute atomic E-state index is 13.1. The van der Waals surface area contributed by atoms with Crippen LogP contribution >= 0.6 is 0 Å². The van der Waals surface area contributed by atoms with Crippen molar-refractivity contribution in [2.75, 3.05) is 25.5 Å². The molecule has 6 heteroatoms. The van der Waals surface area contributed by atoms with E-state index >= 15 is 0 Å². The van der Waals surface area contributed by atoms with Crippen molar-refractivity contribution in [3.05, 3.63) is 65.2 Å². The molecule has 1 amide bonds. The number of ether oxygens (including phenoxy) is 1. The third-order valence-electron chi connectivity index (χ3n) is 10.1. The predicted molar refractivity (Wildman–Crippen MR) is 151 cm³/mol. The molecular formula is C32H40N4O2. The van der Waals surface area contributed by atoms with Gasteiger partial charge in [0.1, 0.15) is 5.75 Å². The first-order valence-corrected chi connectivity index (χ1v) is 14.6. The van der Waals surface area contributed by atoms with Crippen LogP contribution < -0.4 is 20.9 Å². The van der Waals surface area contributed by atoms with Crippen molar-refractivity contribution >= 4 is 17.7 Å². The number of nitrogens with zero attached hydrogens (tertiary/aromatic N) is 1. The van der Waals surface area contributed by atoms with Gasteiger partial charge in [-0.15, -0.1) is 0 Å². The summed E-state index contributed by atoms with van der Waals surface area (Å²) < 4.78 is 5.47. The topological polar surface area (TPSA) is 65.6 Å². The Morgan fingerprint density at radius 2 is 1.89 bits per heavy atom. The molecule has 3 N–H and O–H groups in total. The van der Waals surface area contributed by atoms with Gasteiger partial charge in [-0.05, 0) is 104 Å². The molecule has 2 saturated carbocycles. The number of hydrogen-bond donors (Lipinski definition) is 3. The Morgan fingerprint density at radius 1 is 1.05 bits per heavy atom. The summed E-state index contributed by atoms with van der Waals surface area (Å²) in [6.45, 7) is 3.55. The highest BCUT2D eigenvalue weighted by molar-refractivity contribution is 6.09. The number of hydrogen-bond acceptors (Lipinski definition) is 5. The van der Waals surface area contributed by atoms with Gasteiger partial charge in [0, 0.05) is 24.3 Å². The van der Waals surface area contributed by atoms with Gasteiger partial charge in [-0.2, -0.15) is 0 Å². The number of carbonyl (C=O) groups excluding carboxylic acids is 1. The number of fused-ring (bicyclic) bond motifs is 3. The van der Waals surface area contributed by atoms with Crippen molar-refractivity contribution in [2.45, 2.75) is 69.0 Å². The summed E-state index contributed by atoms with van der Waals surface area (Å²) in [7, 11) is 1.69. The van der Waals surface area contributed by atoms with Crippen molar-refractivity contribution in [2.24, 2.45) is 17.8 Å². The molecule has 7 rings (SSSR count). The molecule has 4 unspecified atom stereocenters. The minimum atomic E-state index is -0.340. The third kappa shape index (κ3) is 4.27. The van der Waals surface area contributed by atoms with E-state index in [1.807, 2.05) is 12.1 Å². The van der Waals surface area contributed by atoms with Crippen LogP contribution in [-0.4, -0.2) is 43.1 Å². The minimum absolute atomic E-state index is 0.188. The van der Waals surface area contributed by atoms with Gasteiger partial charge in [0.2, 0.25) is 5.91 Å². The average Bonchev–Trinajstić information content (AvgIpc) is 3.50. The second-order valence-electron chi connectivity index (χ2n) is 12.2. The normalized spacial score (nSPS) is 34.3. The highest BCUT2D eigenvalue weighted by Crippen LogP contribution is 2.65. The van der Waals surface area contributed by atoms with Crippen LogP contribution in [-0.2, 0) is 16.8 Å². The number of piperidine rings is 1. The second-order valence-corrected chi connectivity index (χ2v) is 12.2. The molecule has 0 radical (unpaired) electrons. The predicted octanol–water partition coefficient (Wildman–Crippen LogP) is 4.87. The van der Waals surface area contributed by atoms with Crippen molar-refractivity contribution < 1.29 is 9.53 Å². The van der Waals surface area contributed by atoms with Gasteiger partial charge in [-0.1, -0.05) is 42.8 Å². The number of carbonyl (C=O) groups is 1. The monoisotopic (exact) mass is 512 g/mol. The van der Waals surface area contributed by atoms with E-state index in [1.54, 1.807) is 7.11 Å². The number of anilines is 1. The Morgan fingerprint density at radius 3 is 2.71 bits per heavy atom. The summed E-state index contributed by atoms with van der Waals surface area (Å²) in [5.41, 5.74) is 11.7. The van der Waals surface area contributed by atoms with Crippen molar-refractivity contribution in [1.82, 2.24) is 15.8 Å². The number of rotatable bonds is 6. The first-order valence-electron chi connectivity index (χ1n) is 14.6. The Bertz CT molecular complexity index is 1220. The van der Waals surface area contributed by atoms with Gasteiger partial charge in [0.05, 0.1) is 12.5 Å². The van der Waals surface area contributed by atoms with E-state index in [1.165, 1.54) is 56.3 Å². The fourth-order valence-corrected chi connectivity index (χ4v) is 7.93. The summed E-state index contributed by atoms with van der Waals surface area (Å²) in [6.07, 6.45) is 13.2. The molecule has 6 atom stereocenters. The van der Waals surface area contributed by atoms with Crippen molar-refractivity contribution in [3.63, 3.8) is 0 Å². The van der Waals surface area contributed by atoms with Crippen LogP contribution in [0, 0.1) is 17.8 Å². The van der Waals surface area contributed by atoms with Crippen LogP contribution in [0.4, 0.5) is 5.69 Å². The van der Waals surface area contributed by atoms with E-state index in [9.17, 15) is 4.79 Å². The van der Waals surface area contributed by atoms with E-state index in [0.717, 1.165) is 36.4 Å². The van der Waals surface area contributed by atoms with E-state index in [-0.39, 0.29) is 11.3 Å². The number of benzene rings is 2. The quantitative estimate of drug-likeness (QED) is 0.516. The van der Waals surface area contributed by atoms with Gasteiger partial charge < -0.3 is 10.1 Å². The van der Waals surface area contributed by atoms with Crippen molar-refractivity contribution in [1.29, 1.82) is 0 Å². The van der Waals surface area contributed by atoms with Crippen LogP contribution in [0.2, 0.25) is 0 Å². The van der Waals surface area contributed by atoms with Crippen LogP contribution in [0.3, 0.4) is 0 Å². The molecule has 3 heterocycles.